The molecule has 13 atom stereocenters. The highest BCUT2D eigenvalue weighted by Crippen LogP contribution is 2.27. The van der Waals surface area contributed by atoms with E-state index in [1.165, 1.54) is 113 Å². The third-order valence-electron chi connectivity index (χ3n) is 18.5. The summed E-state index contributed by atoms with van der Waals surface area (Å²) in [5.41, 5.74) is -1.59. The number of allylic oxidation sites excluding steroid dienone is 2. The molecule has 0 bridgehead atoms. The van der Waals surface area contributed by atoms with Gasteiger partial charge in [-0.25, -0.2) is 0 Å². The van der Waals surface area contributed by atoms with Crippen molar-refractivity contribution >= 4 is 76.7 Å². The van der Waals surface area contributed by atoms with Crippen LogP contribution in [-0.4, -0.2) is 273 Å². The Balaban J connectivity index is 4.59. The monoisotopic (exact) mass is 1400 g/mol. The van der Waals surface area contributed by atoms with Crippen LogP contribution in [0.15, 0.2) is 12.2 Å². The summed E-state index contributed by atoms with van der Waals surface area (Å²) in [6.07, 6.45) is 3.11. The van der Waals surface area contributed by atoms with Crippen molar-refractivity contribution in [2.45, 2.75) is 262 Å². The number of aliphatic hydroxyl groups excluding tert-OH is 1. The van der Waals surface area contributed by atoms with Crippen molar-refractivity contribution < 1.29 is 63.0 Å². The molecule has 0 aromatic rings. The number of aliphatic hydroxyl groups is 2. The predicted molar refractivity (Wildman–Crippen MR) is 388 cm³/mol. The minimum atomic E-state index is -1.66. The normalized spacial score (nSPS) is 25.9. The Hall–Kier alpha value is -5.86. The third-order valence-corrected chi connectivity index (χ3v) is 19.6. The maximum Gasteiger partial charge on any atom is 0.246 e. The highest BCUT2D eigenvalue weighted by atomic mass is 32.2. The van der Waals surface area contributed by atoms with E-state index in [-0.39, 0.29) is 62.0 Å². The fourth-order valence-corrected chi connectivity index (χ4v) is 13.5. The van der Waals surface area contributed by atoms with Crippen molar-refractivity contribution in [2.24, 2.45) is 41.4 Å². The topological polar surface area (TPSA) is 302 Å². The number of carbonyl (C=O) groups excluding carboxylic acids is 11. The van der Waals surface area contributed by atoms with Crippen molar-refractivity contribution in [2.75, 3.05) is 80.5 Å². The van der Waals surface area contributed by atoms with Gasteiger partial charge in [0.25, 0.3) is 0 Å². The lowest BCUT2D eigenvalue weighted by atomic mass is 9.91. The lowest BCUT2D eigenvalue weighted by molar-refractivity contribution is -0.157. The van der Waals surface area contributed by atoms with E-state index in [1.807, 2.05) is 47.6 Å². The Kier molecular flexibility index (Phi) is 38.4. The second kappa shape index (κ2) is 41.8. The van der Waals surface area contributed by atoms with Crippen molar-refractivity contribution in [3.8, 4) is 0 Å². The van der Waals surface area contributed by atoms with Gasteiger partial charge in [0.1, 0.15) is 66.5 Å². The summed E-state index contributed by atoms with van der Waals surface area (Å²) < 4.78 is 0. The number of thioether (sulfide) groups is 1. The summed E-state index contributed by atoms with van der Waals surface area (Å²) in [6, 6.07) is -14.4. The molecule has 0 spiro atoms. The van der Waals surface area contributed by atoms with Crippen molar-refractivity contribution in [1.82, 2.24) is 60.5 Å². The van der Waals surface area contributed by atoms with Crippen molar-refractivity contribution in [3.63, 3.8) is 0 Å². The maximum absolute atomic E-state index is 15.5. The summed E-state index contributed by atoms with van der Waals surface area (Å²) in [7, 11) is 9.93. The zero-order valence-corrected chi connectivity index (χ0v) is 65.8. The quantitative estimate of drug-likeness (QED) is 0.0556. The number of rotatable bonds is 24. The van der Waals surface area contributed by atoms with E-state index in [2.05, 4.69) is 46.9 Å². The Morgan fingerprint density at radius 1 is 0.510 bits per heavy atom. The molecular weight excluding hydrogens is 1270 g/mol. The maximum atomic E-state index is 15.5. The fourth-order valence-electron chi connectivity index (χ4n) is 12.5. The third kappa shape index (κ3) is 26.9. The smallest absolute Gasteiger partial charge is 0.246 e. The van der Waals surface area contributed by atoms with Crippen LogP contribution < -0.4 is 21.3 Å². The molecular formula is C72H132N12O13S. The van der Waals surface area contributed by atoms with Crippen LogP contribution in [0.3, 0.4) is 0 Å². The average molecular weight is 1410 g/mol. The number of nitrogens with zero attached hydrogens (tertiary/aromatic N) is 8. The molecule has 1 fully saturated rings. The average Bonchev–Trinajstić information content (AvgIpc) is 0.805. The van der Waals surface area contributed by atoms with Crippen LogP contribution in [0, 0.1) is 41.4 Å². The summed E-state index contributed by atoms with van der Waals surface area (Å²) in [5.74, 6) is -9.21. The first-order chi connectivity index (χ1) is 45.3. The van der Waals surface area contributed by atoms with E-state index < -0.39 is 161 Å². The molecule has 0 radical (unpaired) electrons. The Morgan fingerprint density at radius 3 is 1.43 bits per heavy atom. The zero-order chi connectivity index (χ0) is 75.9. The van der Waals surface area contributed by atoms with Gasteiger partial charge in [-0.15, -0.1) is 0 Å². The van der Waals surface area contributed by atoms with Crippen LogP contribution in [0.25, 0.3) is 0 Å². The largest absolute Gasteiger partial charge is 0.390 e. The first-order valence-corrected chi connectivity index (χ1v) is 36.8. The number of amides is 11. The van der Waals surface area contributed by atoms with Gasteiger partial charge >= 0.3 is 0 Å². The minimum absolute atomic E-state index is 0.0248. The highest BCUT2D eigenvalue weighted by Gasteiger charge is 2.47. The molecule has 6 N–H and O–H groups in total. The highest BCUT2D eigenvalue weighted by molar-refractivity contribution is 7.99. The van der Waals surface area contributed by atoms with E-state index in [4.69, 9.17) is 0 Å². The molecule has 1 saturated heterocycles. The van der Waals surface area contributed by atoms with Gasteiger partial charge in [0, 0.05) is 68.1 Å². The number of carbonyl (C=O) groups is 11. The van der Waals surface area contributed by atoms with Gasteiger partial charge in [0.2, 0.25) is 65.0 Å². The lowest BCUT2D eigenvalue weighted by Gasteiger charge is -2.41. The van der Waals surface area contributed by atoms with Crippen LogP contribution in [-0.2, 0) is 52.7 Å². The second-order valence-electron chi connectivity index (χ2n) is 30.4. The van der Waals surface area contributed by atoms with Gasteiger partial charge in [0.15, 0.2) is 0 Å². The van der Waals surface area contributed by atoms with Gasteiger partial charge in [-0.2, -0.15) is 11.8 Å². The molecule has 26 heteroatoms. The summed E-state index contributed by atoms with van der Waals surface area (Å²) in [6.45, 7) is 37.9. The van der Waals surface area contributed by atoms with Gasteiger partial charge in [-0.1, -0.05) is 116 Å². The Labute approximate surface area is 593 Å². The van der Waals surface area contributed by atoms with Gasteiger partial charge in [-0.3, -0.25) is 52.7 Å². The van der Waals surface area contributed by atoms with Crippen molar-refractivity contribution in [1.29, 1.82) is 0 Å². The molecule has 0 aromatic carbocycles. The molecule has 1 heterocycles. The molecule has 1 aliphatic heterocycles. The molecule has 0 saturated carbocycles. The Morgan fingerprint density at radius 2 is 0.959 bits per heavy atom. The number of nitrogens with one attached hydrogen (secondary N) is 4. The summed E-state index contributed by atoms with van der Waals surface area (Å²) >= 11 is 1.42. The SMILES string of the molecule is C/C=C/C[C@@H](C)[C@@H](O)[C@H]1C(=O)N[C@@H](CC)C(=O)N(C)[C@H](CSCCCN(CC)CC(C)C)C(=O)N(C)[C@@H](CC(C)(C)O)C(=O)N[C@@H](C(C)C)C(=O)N(C)[C@@H](CC(C)C)C(=O)N[C@@H](C)C(=O)N[C@H](C)C(=O)N(C)[C@@H](CC(C)C)C(=O)N(C)[C@@H](CC(C)C)C(=O)N(C)[C@@H](C(C)C)C(=O)N1C. The standard InChI is InChI=1S/C72H132N12O13S/c1-28-31-33-48(16)60(85)59-64(89)75-51(29-2)66(91)81(25)56(41-98-35-32-34-84(30-3)40-45(10)11)69(94)80(24)55(39-72(19,20)97)63(88)76-57(46(12)13)70(95)77(21)52(36-42(4)5)62(87)73-49(17)61(86)74-50(18)65(90)78(22)53(37-43(6)7)67(92)79(23)54(38-44(8)9)68(93)82(26)58(47(14)15)71(96)83(59)27/h28,31,42-60,85,97H,29-30,32-41H2,1-27H3,(H,73,87)(H,74,86)(H,75,89)(H,76,88)/b31-28+/t48-,49+,50-,51+,52+,53+,54+,55+,56-,57+,58+,59+,60-/m1/s1. The van der Waals surface area contributed by atoms with E-state index in [9.17, 15) is 29.4 Å². The minimum Gasteiger partial charge on any atom is -0.390 e. The van der Waals surface area contributed by atoms with Crippen LogP contribution in [0.2, 0.25) is 0 Å². The van der Waals surface area contributed by atoms with Crippen LogP contribution in [0.1, 0.15) is 183 Å². The summed E-state index contributed by atoms with van der Waals surface area (Å²) in [5, 5.41) is 34.9. The molecule has 11 amide bonds. The van der Waals surface area contributed by atoms with Gasteiger partial charge in [0.05, 0.1) is 11.7 Å². The van der Waals surface area contributed by atoms with Gasteiger partial charge < -0.3 is 70.7 Å². The molecule has 1 aliphatic rings. The first kappa shape index (κ1) is 90.2. The number of hydrogen-bond acceptors (Lipinski definition) is 15. The molecule has 0 aliphatic carbocycles. The molecule has 0 aromatic heterocycles. The van der Waals surface area contributed by atoms with Crippen molar-refractivity contribution in [3.05, 3.63) is 12.2 Å². The Bertz CT molecular complexity index is 2650. The lowest BCUT2D eigenvalue weighted by Crippen LogP contribution is -2.64. The van der Waals surface area contributed by atoms with E-state index in [1.54, 1.807) is 54.5 Å². The first-order valence-electron chi connectivity index (χ1n) is 35.7. The van der Waals surface area contributed by atoms with Crippen LogP contribution in [0.4, 0.5) is 0 Å². The van der Waals surface area contributed by atoms with E-state index >= 15 is 33.6 Å². The number of likely N-dealkylation sites (N-methyl/N-ethyl adjacent to an activating group) is 7. The summed E-state index contributed by atoms with van der Waals surface area (Å²) in [4.78, 5) is 176. The molecule has 1 rings (SSSR count). The van der Waals surface area contributed by atoms with E-state index in [0.717, 1.165) is 35.9 Å². The molecule has 0 unspecified atom stereocenters. The van der Waals surface area contributed by atoms with Gasteiger partial charge in [-0.05, 0) is 133 Å². The zero-order valence-electron chi connectivity index (χ0n) is 65.0. The van der Waals surface area contributed by atoms with E-state index in [0.29, 0.717) is 11.7 Å². The molecule has 25 nitrogen and oxygen atoms in total. The second-order valence-corrected chi connectivity index (χ2v) is 31.6. The predicted octanol–water partition coefficient (Wildman–Crippen LogP) is 4.85. The van der Waals surface area contributed by atoms with Crippen LogP contribution in [0.5, 0.6) is 0 Å². The fraction of sp³-hybridized carbons (Fsp3) is 0.819. The molecule has 98 heavy (non-hydrogen) atoms. The molecule has 564 valence electrons. The number of hydrogen-bond donors (Lipinski definition) is 6. The van der Waals surface area contributed by atoms with Crippen LogP contribution >= 0.6 is 11.8 Å².